The first-order chi connectivity index (χ1) is 6.38. The van der Waals surface area contributed by atoms with Gasteiger partial charge in [-0.3, -0.25) is 11.7 Å². The molecule has 0 aromatic rings. The summed E-state index contributed by atoms with van der Waals surface area (Å²) in [7, 11) is 0. The van der Waals surface area contributed by atoms with Crippen LogP contribution < -0.4 is 17.4 Å². The zero-order valence-corrected chi connectivity index (χ0v) is 7.02. The topological polar surface area (TPSA) is 225 Å². The van der Waals surface area contributed by atoms with E-state index in [4.69, 9.17) is 41.5 Å². The summed E-state index contributed by atoms with van der Waals surface area (Å²) >= 11 is 0. The molecule has 0 atom stereocenters. The van der Waals surface area contributed by atoms with Crippen LogP contribution in [-0.2, 0) is 0 Å². The number of hydrogen-bond donors (Lipinski definition) is 6. The summed E-state index contributed by atoms with van der Waals surface area (Å²) in [4.78, 5) is 16.7. The molecule has 0 aromatic carbocycles. The molecule has 0 aliphatic heterocycles. The predicted molar refractivity (Wildman–Crippen MR) is 42.1 cm³/mol. The molecule has 0 unspecified atom stereocenters. The second-order valence-electron chi connectivity index (χ2n) is 0.988. The van der Waals surface area contributed by atoms with Gasteiger partial charge in [0.05, 0.1) is 6.61 Å². The van der Waals surface area contributed by atoms with Crippen LogP contribution in [-0.4, -0.2) is 38.8 Å². The lowest BCUT2D eigenvalue weighted by molar-refractivity contribution is -0.742. The Morgan fingerprint density at radius 2 is 1.14 bits per heavy atom. The van der Waals surface area contributed by atoms with Crippen molar-refractivity contribution in [3.8, 4) is 0 Å². The van der Waals surface area contributed by atoms with Crippen molar-refractivity contribution in [1.29, 1.82) is 0 Å². The maximum Gasteiger partial charge on any atom is 0.291 e. The highest BCUT2D eigenvalue weighted by Crippen LogP contribution is 1.38. The van der Waals surface area contributed by atoms with E-state index in [9.17, 15) is 0 Å². The smallest absolute Gasteiger partial charge is 0.291 e. The van der Waals surface area contributed by atoms with Crippen molar-refractivity contribution >= 4 is 0 Å². The number of hydrogen-bond acceptors (Lipinski definition) is 8. The number of aliphatic hydroxyl groups is 1. The molecule has 88 valence electrons. The molecule has 14 heavy (non-hydrogen) atoms. The number of rotatable bonds is 1. The molecule has 0 radical (unpaired) electrons. The first kappa shape index (κ1) is 22.8. The second-order valence-corrected chi connectivity index (χ2v) is 0.988. The molecule has 0 spiro atoms. The summed E-state index contributed by atoms with van der Waals surface area (Å²) in [5, 5.41) is 35.0. The van der Waals surface area contributed by atoms with Gasteiger partial charge in [0, 0.05) is 6.54 Å². The SMILES string of the molecule is NCCO.NN.O=[N+]([O-])O.O=[N+]([O-])O. The highest BCUT2D eigenvalue weighted by atomic mass is 16.9. The summed E-state index contributed by atoms with van der Waals surface area (Å²) in [6.45, 7) is 0.472. The maximum atomic E-state index is 8.36. The Morgan fingerprint density at radius 3 is 1.14 bits per heavy atom. The lowest BCUT2D eigenvalue weighted by Crippen LogP contribution is -2.02. The molecule has 0 heterocycles. The van der Waals surface area contributed by atoms with Gasteiger partial charge in [0.1, 0.15) is 0 Å². The van der Waals surface area contributed by atoms with Crippen LogP contribution in [0.15, 0.2) is 0 Å². The molecule has 0 aliphatic rings. The molecular weight excluding hydrogens is 206 g/mol. The number of nitrogens with two attached hydrogens (primary N) is 3. The van der Waals surface area contributed by atoms with Crippen molar-refractivity contribution in [1.82, 2.24) is 0 Å². The Balaban J connectivity index is -0.0000000492. The van der Waals surface area contributed by atoms with Gasteiger partial charge in [-0.05, 0) is 0 Å². The number of aliphatic hydroxyl groups excluding tert-OH is 1. The van der Waals surface area contributed by atoms with E-state index in [1.165, 1.54) is 0 Å². The first-order valence-corrected chi connectivity index (χ1v) is 2.69. The van der Waals surface area contributed by atoms with Crippen LogP contribution in [0.4, 0.5) is 0 Å². The maximum absolute atomic E-state index is 8.36. The molecule has 0 bridgehead atoms. The fourth-order valence-corrected chi connectivity index (χ4v) is 0. The number of nitrogens with zero attached hydrogens (tertiary/aromatic N) is 2. The molecule has 12 heteroatoms. The molecule has 0 aliphatic carbocycles. The Kier molecular flexibility index (Phi) is 49.2. The summed E-state index contributed by atoms with van der Waals surface area (Å²) in [6.07, 6.45) is 0. The predicted octanol–water partition coefficient (Wildman–Crippen LogP) is -2.94. The standard InChI is InChI=1S/C2H7NO.H4N2.2HNO3/c3-1-2-4;1-2;2*2-1(3)4/h4H,1-3H2;1-2H2;2*(H,2,3,4). The molecule has 0 fully saturated rings. The van der Waals surface area contributed by atoms with Crippen molar-refractivity contribution < 1.29 is 25.7 Å². The largest absolute Gasteiger partial charge is 0.395 e. The average Bonchev–Trinajstić information content (AvgIpc) is 2.05. The third-order valence-electron chi connectivity index (χ3n) is 0.129. The second kappa shape index (κ2) is 30.3. The van der Waals surface area contributed by atoms with Crippen LogP contribution in [0, 0.1) is 20.2 Å². The van der Waals surface area contributed by atoms with Crippen molar-refractivity contribution in [2.45, 2.75) is 0 Å². The summed E-state index contributed by atoms with van der Waals surface area (Å²) < 4.78 is 0. The zero-order valence-electron chi connectivity index (χ0n) is 7.02. The summed E-state index contributed by atoms with van der Waals surface area (Å²) in [5.74, 6) is 8.00. The Morgan fingerprint density at radius 1 is 1.07 bits per heavy atom. The average molecular weight is 219 g/mol. The van der Waals surface area contributed by atoms with Crippen LogP contribution in [0.3, 0.4) is 0 Å². The van der Waals surface area contributed by atoms with Crippen LogP contribution in [0.5, 0.6) is 0 Å². The van der Waals surface area contributed by atoms with E-state index in [2.05, 4.69) is 11.7 Å². The van der Waals surface area contributed by atoms with E-state index in [1.807, 2.05) is 0 Å². The van der Waals surface area contributed by atoms with Gasteiger partial charge in [0.2, 0.25) is 0 Å². The lowest BCUT2D eigenvalue weighted by Gasteiger charge is -1.71. The molecule has 12 nitrogen and oxygen atoms in total. The van der Waals surface area contributed by atoms with Gasteiger partial charge < -0.3 is 21.3 Å². The molecule has 0 saturated heterocycles. The first-order valence-electron chi connectivity index (χ1n) is 2.69. The summed E-state index contributed by atoms with van der Waals surface area (Å²) in [6, 6.07) is 0. The monoisotopic (exact) mass is 219 g/mol. The quantitative estimate of drug-likeness (QED) is 0.149. The fraction of sp³-hybridized carbons (Fsp3) is 1.00. The molecule has 0 amide bonds. The fourth-order valence-electron chi connectivity index (χ4n) is 0. The molecule has 0 rings (SSSR count). The van der Waals surface area contributed by atoms with Crippen LogP contribution in [0.1, 0.15) is 0 Å². The van der Waals surface area contributed by atoms with E-state index in [-0.39, 0.29) is 6.61 Å². The van der Waals surface area contributed by atoms with Crippen molar-refractivity contribution in [2.24, 2.45) is 17.4 Å². The summed E-state index contributed by atoms with van der Waals surface area (Å²) in [5.41, 5.74) is 4.78. The Hall–Kier alpha value is -1.76. The molecule has 0 aromatic heterocycles. The van der Waals surface area contributed by atoms with Gasteiger partial charge in [0.15, 0.2) is 0 Å². The minimum absolute atomic E-state index is 0.0972. The molecule has 0 saturated carbocycles. The van der Waals surface area contributed by atoms with Gasteiger partial charge in [-0.2, -0.15) is 0 Å². The number of hydrazine groups is 1. The minimum Gasteiger partial charge on any atom is -0.395 e. The highest BCUT2D eigenvalue weighted by molar-refractivity contribution is 4.17. The van der Waals surface area contributed by atoms with Crippen molar-refractivity contribution in [3.63, 3.8) is 0 Å². The van der Waals surface area contributed by atoms with E-state index in [0.29, 0.717) is 6.54 Å². The van der Waals surface area contributed by atoms with Crippen LogP contribution in [0.25, 0.3) is 0 Å². The van der Waals surface area contributed by atoms with E-state index >= 15 is 0 Å². The molecule has 9 N–H and O–H groups in total. The van der Waals surface area contributed by atoms with E-state index in [1.54, 1.807) is 0 Å². The van der Waals surface area contributed by atoms with Crippen molar-refractivity contribution in [2.75, 3.05) is 13.2 Å². The van der Waals surface area contributed by atoms with E-state index in [0.717, 1.165) is 0 Å². The normalized spacial score (nSPS) is 6.00. The van der Waals surface area contributed by atoms with Gasteiger partial charge >= 0.3 is 0 Å². The van der Waals surface area contributed by atoms with Crippen LogP contribution >= 0.6 is 0 Å². The van der Waals surface area contributed by atoms with Gasteiger partial charge in [-0.15, -0.1) is 20.2 Å². The van der Waals surface area contributed by atoms with E-state index < -0.39 is 10.2 Å². The highest BCUT2D eigenvalue weighted by Gasteiger charge is 1.65. The Bertz CT molecular complexity index is 96.6. The van der Waals surface area contributed by atoms with Gasteiger partial charge in [0.25, 0.3) is 10.2 Å². The third kappa shape index (κ3) is 1510. The Labute approximate surface area is 77.7 Å². The van der Waals surface area contributed by atoms with Crippen molar-refractivity contribution in [3.05, 3.63) is 20.2 Å². The van der Waals surface area contributed by atoms with Gasteiger partial charge in [-0.25, -0.2) is 0 Å². The zero-order chi connectivity index (χ0) is 12.6. The molecular formula is C2H13N5O7. The van der Waals surface area contributed by atoms with Gasteiger partial charge in [-0.1, -0.05) is 0 Å². The lowest BCUT2D eigenvalue weighted by atomic mass is 10.8. The minimum atomic E-state index is -1.50. The third-order valence-corrected chi connectivity index (χ3v) is 0.129. The van der Waals surface area contributed by atoms with Crippen LogP contribution in [0.2, 0.25) is 0 Å².